The van der Waals surface area contributed by atoms with E-state index in [1.807, 2.05) is 29.4 Å². The number of likely N-dealkylation sites (tertiary alicyclic amines) is 1. The molecule has 3 N–H and O–H groups in total. The molecular formula is C20H23N5O. The monoisotopic (exact) mass is 349 g/mol. The normalized spacial score (nSPS) is 17.6. The van der Waals surface area contributed by atoms with Crippen molar-refractivity contribution in [1.82, 2.24) is 19.9 Å². The van der Waals surface area contributed by atoms with Crippen LogP contribution in [0.25, 0.3) is 22.3 Å². The zero-order valence-corrected chi connectivity index (χ0v) is 14.9. The highest BCUT2D eigenvalue weighted by Gasteiger charge is 2.22. The van der Waals surface area contributed by atoms with Crippen LogP contribution in [0.15, 0.2) is 36.8 Å². The van der Waals surface area contributed by atoms with Gasteiger partial charge in [-0.25, -0.2) is 4.98 Å². The first-order valence-corrected chi connectivity index (χ1v) is 9.13. The molecule has 0 aromatic carbocycles. The highest BCUT2D eigenvalue weighted by atomic mass is 16.2. The van der Waals surface area contributed by atoms with Crippen molar-refractivity contribution in [2.45, 2.75) is 32.2 Å². The van der Waals surface area contributed by atoms with Crippen molar-refractivity contribution in [2.75, 3.05) is 13.1 Å². The second-order valence-electron chi connectivity index (χ2n) is 6.87. The van der Waals surface area contributed by atoms with E-state index in [4.69, 9.17) is 5.73 Å². The number of H-pyrrole nitrogens is 1. The van der Waals surface area contributed by atoms with Gasteiger partial charge in [-0.1, -0.05) is 6.92 Å². The Morgan fingerprint density at radius 2 is 2.23 bits per heavy atom. The molecule has 1 aliphatic heterocycles. The number of nitrogens with one attached hydrogen (secondary N) is 1. The molecule has 1 fully saturated rings. The number of aryl methyl sites for hydroxylation is 1. The Morgan fingerprint density at radius 1 is 1.35 bits per heavy atom. The molecule has 134 valence electrons. The van der Waals surface area contributed by atoms with Gasteiger partial charge in [0, 0.05) is 48.7 Å². The summed E-state index contributed by atoms with van der Waals surface area (Å²) in [5, 5.41) is 1.12. The summed E-state index contributed by atoms with van der Waals surface area (Å²) in [6.45, 7) is 3.51. The van der Waals surface area contributed by atoms with Crippen LogP contribution in [0, 0.1) is 0 Å². The molecule has 0 aliphatic carbocycles. The Hall–Kier alpha value is -2.73. The molecule has 1 saturated heterocycles. The van der Waals surface area contributed by atoms with Gasteiger partial charge in [0.05, 0.1) is 11.3 Å². The van der Waals surface area contributed by atoms with Gasteiger partial charge in [0.1, 0.15) is 5.65 Å². The highest BCUT2D eigenvalue weighted by molar-refractivity contribution is 5.94. The van der Waals surface area contributed by atoms with Crippen LogP contribution < -0.4 is 5.73 Å². The number of aromatic amines is 1. The van der Waals surface area contributed by atoms with E-state index in [2.05, 4.69) is 27.9 Å². The molecule has 0 spiro atoms. The van der Waals surface area contributed by atoms with Crippen LogP contribution >= 0.6 is 0 Å². The number of hydrogen-bond acceptors (Lipinski definition) is 4. The molecule has 0 radical (unpaired) electrons. The fraction of sp³-hybridized carbons (Fsp3) is 0.350. The van der Waals surface area contributed by atoms with Crippen molar-refractivity contribution in [2.24, 2.45) is 5.73 Å². The molecule has 26 heavy (non-hydrogen) atoms. The van der Waals surface area contributed by atoms with Crippen LogP contribution in [0.3, 0.4) is 0 Å². The molecule has 6 heteroatoms. The number of amides is 1. The number of nitrogens with zero attached hydrogens (tertiary/aromatic N) is 3. The summed E-state index contributed by atoms with van der Waals surface area (Å²) in [6, 6.07) is 5.91. The first-order valence-electron chi connectivity index (χ1n) is 9.13. The van der Waals surface area contributed by atoms with Crippen molar-refractivity contribution >= 4 is 16.9 Å². The SMILES string of the molecule is CCc1c[nH]c2ncc(-c3ccc(C(=O)N4CCCC(N)C4)cn3)cc12. The molecule has 0 bridgehead atoms. The molecule has 1 atom stereocenters. The zero-order chi connectivity index (χ0) is 18.1. The third-order valence-corrected chi connectivity index (χ3v) is 5.05. The lowest BCUT2D eigenvalue weighted by atomic mass is 10.1. The third-order valence-electron chi connectivity index (χ3n) is 5.05. The van der Waals surface area contributed by atoms with E-state index in [0.717, 1.165) is 48.1 Å². The number of carbonyl (C=O) groups is 1. The topological polar surface area (TPSA) is 87.9 Å². The van der Waals surface area contributed by atoms with Gasteiger partial charge in [0.25, 0.3) is 5.91 Å². The van der Waals surface area contributed by atoms with Crippen LogP contribution in [0.5, 0.6) is 0 Å². The maximum absolute atomic E-state index is 12.6. The van der Waals surface area contributed by atoms with Crippen molar-refractivity contribution < 1.29 is 4.79 Å². The Bertz CT molecular complexity index is 931. The molecule has 0 saturated carbocycles. The number of rotatable bonds is 3. The van der Waals surface area contributed by atoms with E-state index in [1.54, 1.807) is 6.20 Å². The zero-order valence-electron chi connectivity index (χ0n) is 14.9. The Labute approximate surface area is 152 Å². The standard InChI is InChI=1S/C20H23N5O/c1-2-13-9-23-19-17(13)8-15(11-24-19)18-6-5-14(10-22-18)20(26)25-7-3-4-16(21)12-25/h5-6,8-11,16H,2-4,7,12,21H2,1H3,(H,23,24). The van der Waals surface area contributed by atoms with E-state index < -0.39 is 0 Å². The molecular weight excluding hydrogens is 326 g/mol. The summed E-state index contributed by atoms with van der Waals surface area (Å²) in [7, 11) is 0. The Morgan fingerprint density at radius 3 is 2.96 bits per heavy atom. The average Bonchev–Trinajstić information content (AvgIpc) is 3.10. The number of aromatic nitrogens is 3. The van der Waals surface area contributed by atoms with Gasteiger partial charge in [-0.05, 0) is 43.0 Å². The van der Waals surface area contributed by atoms with Crippen LogP contribution in [0.2, 0.25) is 0 Å². The molecule has 3 aromatic rings. The molecule has 6 nitrogen and oxygen atoms in total. The van der Waals surface area contributed by atoms with E-state index in [0.29, 0.717) is 12.1 Å². The van der Waals surface area contributed by atoms with E-state index in [1.165, 1.54) is 5.56 Å². The molecule has 4 heterocycles. The quantitative estimate of drug-likeness (QED) is 0.761. The maximum atomic E-state index is 12.6. The molecule has 1 amide bonds. The summed E-state index contributed by atoms with van der Waals surface area (Å²) in [6.07, 6.45) is 8.35. The highest BCUT2D eigenvalue weighted by Crippen LogP contribution is 2.24. The second kappa shape index (κ2) is 6.88. The number of nitrogens with two attached hydrogens (primary N) is 1. The van der Waals surface area contributed by atoms with E-state index >= 15 is 0 Å². The largest absolute Gasteiger partial charge is 0.346 e. The fourth-order valence-corrected chi connectivity index (χ4v) is 3.56. The first-order chi connectivity index (χ1) is 12.7. The molecule has 1 unspecified atom stereocenters. The van der Waals surface area contributed by atoms with E-state index in [-0.39, 0.29) is 11.9 Å². The van der Waals surface area contributed by atoms with Gasteiger partial charge in [-0.2, -0.15) is 0 Å². The van der Waals surface area contributed by atoms with Gasteiger partial charge in [-0.15, -0.1) is 0 Å². The van der Waals surface area contributed by atoms with Crippen molar-refractivity contribution in [3.8, 4) is 11.3 Å². The maximum Gasteiger partial charge on any atom is 0.255 e. The number of carbonyl (C=O) groups excluding carboxylic acids is 1. The van der Waals surface area contributed by atoms with Crippen LogP contribution in [0.1, 0.15) is 35.7 Å². The number of fused-ring (bicyclic) bond motifs is 1. The number of hydrogen-bond donors (Lipinski definition) is 2. The van der Waals surface area contributed by atoms with Crippen molar-refractivity contribution in [1.29, 1.82) is 0 Å². The van der Waals surface area contributed by atoms with Gasteiger partial charge in [0.2, 0.25) is 0 Å². The number of piperidine rings is 1. The van der Waals surface area contributed by atoms with Gasteiger partial charge >= 0.3 is 0 Å². The van der Waals surface area contributed by atoms with Gasteiger partial charge < -0.3 is 15.6 Å². The molecule has 3 aromatic heterocycles. The lowest BCUT2D eigenvalue weighted by molar-refractivity contribution is 0.0708. The predicted molar refractivity (Wildman–Crippen MR) is 102 cm³/mol. The van der Waals surface area contributed by atoms with Gasteiger partial charge in [0.15, 0.2) is 0 Å². The van der Waals surface area contributed by atoms with Gasteiger partial charge in [-0.3, -0.25) is 9.78 Å². The lowest BCUT2D eigenvalue weighted by Gasteiger charge is -2.30. The fourth-order valence-electron chi connectivity index (χ4n) is 3.56. The summed E-state index contributed by atoms with van der Waals surface area (Å²) in [5.74, 6) is 0.00619. The predicted octanol–water partition coefficient (Wildman–Crippen LogP) is 2.75. The summed E-state index contributed by atoms with van der Waals surface area (Å²) in [5.41, 5.74) is 10.5. The summed E-state index contributed by atoms with van der Waals surface area (Å²) >= 11 is 0. The minimum Gasteiger partial charge on any atom is -0.346 e. The Balaban J connectivity index is 1.58. The van der Waals surface area contributed by atoms with Crippen LogP contribution in [-0.2, 0) is 6.42 Å². The molecule has 1 aliphatic rings. The third kappa shape index (κ3) is 3.08. The summed E-state index contributed by atoms with van der Waals surface area (Å²) < 4.78 is 0. The first kappa shape index (κ1) is 16.7. The van der Waals surface area contributed by atoms with Crippen LogP contribution in [0.4, 0.5) is 0 Å². The number of pyridine rings is 2. The van der Waals surface area contributed by atoms with E-state index in [9.17, 15) is 4.79 Å². The van der Waals surface area contributed by atoms with Crippen LogP contribution in [-0.4, -0.2) is 44.9 Å². The minimum absolute atomic E-state index is 0.00619. The summed E-state index contributed by atoms with van der Waals surface area (Å²) in [4.78, 5) is 26.6. The minimum atomic E-state index is 0.00619. The lowest BCUT2D eigenvalue weighted by Crippen LogP contribution is -2.45. The molecule has 4 rings (SSSR count). The average molecular weight is 349 g/mol. The van der Waals surface area contributed by atoms with Crippen molar-refractivity contribution in [3.63, 3.8) is 0 Å². The smallest absolute Gasteiger partial charge is 0.255 e. The second-order valence-corrected chi connectivity index (χ2v) is 6.87. The Kier molecular flexibility index (Phi) is 4.42. The van der Waals surface area contributed by atoms with Crippen molar-refractivity contribution in [3.05, 3.63) is 47.9 Å².